The van der Waals surface area contributed by atoms with Gasteiger partial charge in [0.2, 0.25) is 0 Å². The van der Waals surface area contributed by atoms with Gasteiger partial charge in [-0.05, 0) is 42.4 Å². The predicted octanol–water partition coefficient (Wildman–Crippen LogP) is 3.00. The van der Waals surface area contributed by atoms with Crippen LogP contribution >= 0.6 is 0 Å². The molecule has 0 radical (unpaired) electrons. The Bertz CT molecular complexity index is 566. The molecule has 6 nitrogen and oxygen atoms in total. The van der Waals surface area contributed by atoms with Gasteiger partial charge in [0.05, 0.1) is 19.8 Å². The van der Waals surface area contributed by atoms with Crippen molar-refractivity contribution in [3.63, 3.8) is 0 Å². The second kappa shape index (κ2) is 13.8. The van der Waals surface area contributed by atoms with Crippen molar-refractivity contribution >= 4 is 0 Å². The molecule has 1 rings (SSSR count). The van der Waals surface area contributed by atoms with Crippen molar-refractivity contribution in [3.8, 4) is 11.5 Å². The molecule has 0 aliphatic rings. The van der Waals surface area contributed by atoms with E-state index in [1.807, 2.05) is 6.07 Å². The van der Waals surface area contributed by atoms with Crippen LogP contribution in [0, 0.1) is 11.8 Å². The molecule has 0 aliphatic carbocycles. The average molecular weight is 411 g/mol. The Morgan fingerprint density at radius 2 is 1.79 bits per heavy atom. The average Bonchev–Trinajstić information content (AvgIpc) is 2.68. The zero-order chi connectivity index (χ0) is 21.8. The van der Waals surface area contributed by atoms with Crippen LogP contribution in [0.25, 0.3) is 0 Å². The van der Waals surface area contributed by atoms with E-state index in [1.165, 1.54) is 5.56 Å². The fourth-order valence-corrected chi connectivity index (χ4v) is 3.25. The number of aliphatic hydroxyl groups is 1. The highest BCUT2D eigenvalue weighted by atomic mass is 16.5. The van der Waals surface area contributed by atoms with Gasteiger partial charge in [-0.15, -0.1) is 0 Å². The summed E-state index contributed by atoms with van der Waals surface area (Å²) in [4.78, 5) is 0. The summed E-state index contributed by atoms with van der Waals surface area (Å²) in [6.07, 6.45) is 1.94. The van der Waals surface area contributed by atoms with Gasteiger partial charge in [0.1, 0.15) is 0 Å². The number of rotatable bonds is 15. The Kier molecular flexibility index (Phi) is 12.2. The number of hydrogen-bond donors (Lipinski definition) is 3. The maximum Gasteiger partial charge on any atom is 0.161 e. The summed E-state index contributed by atoms with van der Waals surface area (Å²) in [7, 11) is 3.34. The Labute approximate surface area is 177 Å². The summed E-state index contributed by atoms with van der Waals surface area (Å²) >= 11 is 0. The minimum absolute atomic E-state index is 0.253. The van der Waals surface area contributed by atoms with Gasteiger partial charge in [0.25, 0.3) is 0 Å². The van der Waals surface area contributed by atoms with Crippen LogP contribution in [0.1, 0.15) is 46.1 Å². The highest BCUT2D eigenvalue weighted by Crippen LogP contribution is 2.31. The molecule has 0 amide bonds. The van der Waals surface area contributed by atoms with E-state index in [-0.39, 0.29) is 6.04 Å². The van der Waals surface area contributed by atoms with E-state index in [9.17, 15) is 5.11 Å². The summed E-state index contributed by atoms with van der Waals surface area (Å²) < 4.78 is 16.4. The summed E-state index contributed by atoms with van der Waals surface area (Å²) in [5.41, 5.74) is 7.51. The van der Waals surface area contributed by atoms with E-state index in [4.69, 9.17) is 19.9 Å². The lowest BCUT2D eigenvalue weighted by Crippen LogP contribution is -2.44. The maximum absolute atomic E-state index is 10.4. The summed E-state index contributed by atoms with van der Waals surface area (Å²) in [6.45, 7) is 10.3. The standard InChI is InChI=1S/C23H42N2O4/c1-16(2)19(14-20(24)21(26)15-25-17(3)4)12-18-8-9-22(28-6)23(13-18)29-11-7-10-27-5/h8-9,13,16-17,19-21,25-26H,7,10-12,14-15,24H2,1-6H3/t19-,20-,21-/m0/s1. The second-order valence-electron chi connectivity index (χ2n) is 8.42. The van der Waals surface area contributed by atoms with Gasteiger partial charge in [-0.2, -0.15) is 0 Å². The first-order valence-electron chi connectivity index (χ1n) is 10.7. The highest BCUT2D eigenvalue weighted by Gasteiger charge is 2.23. The molecule has 0 heterocycles. The van der Waals surface area contributed by atoms with Gasteiger partial charge < -0.3 is 30.4 Å². The number of ether oxygens (including phenoxy) is 3. The smallest absolute Gasteiger partial charge is 0.161 e. The molecule has 3 atom stereocenters. The number of nitrogens with one attached hydrogen (secondary N) is 1. The summed E-state index contributed by atoms with van der Waals surface area (Å²) in [6, 6.07) is 6.18. The summed E-state index contributed by atoms with van der Waals surface area (Å²) in [5, 5.41) is 13.6. The van der Waals surface area contributed by atoms with Crippen LogP contribution in [0.3, 0.4) is 0 Å². The number of aliphatic hydroxyl groups excluding tert-OH is 1. The van der Waals surface area contributed by atoms with E-state index in [0.717, 1.165) is 30.8 Å². The zero-order valence-corrected chi connectivity index (χ0v) is 19.1. The fourth-order valence-electron chi connectivity index (χ4n) is 3.25. The third-order valence-corrected chi connectivity index (χ3v) is 5.22. The number of nitrogens with two attached hydrogens (primary N) is 1. The topological polar surface area (TPSA) is 86.0 Å². The molecule has 0 saturated carbocycles. The molecular formula is C23H42N2O4. The van der Waals surface area contributed by atoms with E-state index < -0.39 is 6.10 Å². The van der Waals surface area contributed by atoms with Gasteiger partial charge in [0, 0.05) is 38.8 Å². The molecule has 0 aromatic heterocycles. The molecule has 1 aromatic carbocycles. The van der Waals surface area contributed by atoms with Crippen molar-refractivity contribution in [1.29, 1.82) is 0 Å². The molecular weight excluding hydrogens is 368 g/mol. The molecule has 1 aromatic rings. The molecule has 4 N–H and O–H groups in total. The SMILES string of the molecule is COCCCOc1cc(C[C@@H](C[C@H](N)[C@@H](O)CNC(C)C)C(C)C)ccc1OC. The molecule has 168 valence electrons. The Morgan fingerprint density at radius 3 is 2.38 bits per heavy atom. The normalized spacial score (nSPS) is 14.8. The first-order chi connectivity index (χ1) is 13.8. The lowest BCUT2D eigenvalue weighted by atomic mass is 9.83. The van der Waals surface area contributed by atoms with Crippen molar-refractivity contribution in [2.75, 3.05) is 34.0 Å². The van der Waals surface area contributed by atoms with Crippen molar-refractivity contribution in [2.45, 2.75) is 65.1 Å². The number of methoxy groups -OCH3 is 2. The van der Waals surface area contributed by atoms with Gasteiger partial charge in [0.15, 0.2) is 11.5 Å². The van der Waals surface area contributed by atoms with Crippen LogP contribution in [0.2, 0.25) is 0 Å². The Morgan fingerprint density at radius 1 is 1.07 bits per heavy atom. The van der Waals surface area contributed by atoms with Gasteiger partial charge >= 0.3 is 0 Å². The quantitative estimate of drug-likeness (QED) is 0.385. The van der Waals surface area contributed by atoms with Crippen LogP contribution in [0.4, 0.5) is 0 Å². The molecule has 0 bridgehead atoms. The van der Waals surface area contributed by atoms with Gasteiger partial charge in [-0.25, -0.2) is 0 Å². The third-order valence-electron chi connectivity index (χ3n) is 5.22. The first kappa shape index (κ1) is 25.7. The van der Waals surface area contributed by atoms with E-state index in [2.05, 4.69) is 45.1 Å². The van der Waals surface area contributed by atoms with Gasteiger partial charge in [-0.3, -0.25) is 0 Å². The van der Waals surface area contributed by atoms with Crippen molar-refractivity contribution in [3.05, 3.63) is 23.8 Å². The van der Waals surface area contributed by atoms with E-state index >= 15 is 0 Å². The van der Waals surface area contributed by atoms with Crippen molar-refractivity contribution in [2.24, 2.45) is 17.6 Å². The number of benzene rings is 1. The van der Waals surface area contributed by atoms with Gasteiger partial charge in [-0.1, -0.05) is 33.8 Å². The lowest BCUT2D eigenvalue weighted by molar-refractivity contribution is 0.122. The molecule has 0 unspecified atom stereocenters. The van der Waals surface area contributed by atoms with Crippen molar-refractivity contribution < 1.29 is 19.3 Å². The lowest BCUT2D eigenvalue weighted by Gasteiger charge is -2.28. The van der Waals surface area contributed by atoms with E-state index in [1.54, 1.807) is 14.2 Å². The Hall–Kier alpha value is -1.34. The van der Waals surface area contributed by atoms with E-state index in [0.29, 0.717) is 37.6 Å². The third kappa shape index (κ3) is 9.81. The molecule has 6 heteroatoms. The molecule has 0 fully saturated rings. The van der Waals surface area contributed by atoms with Crippen LogP contribution < -0.4 is 20.5 Å². The van der Waals surface area contributed by atoms with Crippen LogP contribution in [0.15, 0.2) is 18.2 Å². The monoisotopic (exact) mass is 410 g/mol. The van der Waals surface area contributed by atoms with Crippen molar-refractivity contribution in [1.82, 2.24) is 5.32 Å². The van der Waals surface area contributed by atoms with Crippen LogP contribution in [-0.2, 0) is 11.2 Å². The second-order valence-corrected chi connectivity index (χ2v) is 8.42. The predicted molar refractivity (Wildman–Crippen MR) is 119 cm³/mol. The van der Waals surface area contributed by atoms with Crippen LogP contribution in [-0.4, -0.2) is 57.3 Å². The molecule has 29 heavy (non-hydrogen) atoms. The summed E-state index contributed by atoms with van der Waals surface area (Å²) in [5.74, 6) is 2.32. The minimum Gasteiger partial charge on any atom is -0.493 e. The largest absolute Gasteiger partial charge is 0.493 e. The number of hydrogen-bond acceptors (Lipinski definition) is 6. The zero-order valence-electron chi connectivity index (χ0n) is 19.1. The minimum atomic E-state index is -0.547. The Balaban J connectivity index is 2.76. The molecule has 0 saturated heterocycles. The maximum atomic E-state index is 10.4. The van der Waals surface area contributed by atoms with Crippen LogP contribution in [0.5, 0.6) is 11.5 Å². The fraction of sp³-hybridized carbons (Fsp3) is 0.739. The first-order valence-corrected chi connectivity index (χ1v) is 10.7. The molecule has 0 aliphatic heterocycles. The highest BCUT2D eigenvalue weighted by molar-refractivity contribution is 5.43. The molecule has 0 spiro atoms.